The quantitative estimate of drug-likeness (QED) is 0.730. The van der Waals surface area contributed by atoms with Gasteiger partial charge in [0.1, 0.15) is 11.5 Å². The zero-order valence-electron chi connectivity index (χ0n) is 10.2. The molecule has 2 N–H and O–H groups in total. The van der Waals surface area contributed by atoms with Gasteiger partial charge in [-0.3, -0.25) is 4.40 Å². The monoisotopic (exact) mass is 291 g/mol. The van der Waals surface area contributed by atoms with Gasteiger partial charge in [-0.2, -0.15) is 0 Å². The predicted octanol–water partition coefficient (Wildman–Crippen LogP) is 4.20. The summed E-state index contributed by atoms with van der Waals surface area (Å²) in [5.41, 5.74) is 9.59. The summed E-state index contributed by atoms with van der Waals surface area (Å²) in [6, 6.07) is 9.67. The highest BCUT2D eigenvalue weighted by Gasteiger charge is 2.14. The number of benzene rings is 1. The molecule has 0 aliphatic rings. The maximum absolute atomic E-state index is 6.14. The Kier molecular flexibility index (Phi) is 2.88. The van der Waals surface area contributed by atoms with E-state index in [0.717, 1.165) is 11.1 Å². The predicted molar refractivity (Wildman–Crippen MR) is 79.8 cm³/mol. The van der Waals surface area contributed by atoms with Crippen LogP contribution in [0.25, 0.3) is 16.9 Å². The molecule has 0 fully saturated rings. The van der Waals surface area contributed by atoms with Crippen molar-refractivity contribution in [3.8, 4) is 11.3 Å². The Balaban J connectivity index is 2.31. The highest BCUT2D eigenvalue weighted by molar-refractivity contribution is 6.36. The molecule has 3 aromatic rings. The van der Waals surface area contributed by atoms with Gasteiger partial charge in [-0.15, -0.1) is 0 Å². The molecule has 0 unspecified atom stereocenters. The zero-order chi connectivity index (χ0) is 13.6. The van der Waals surface area contributed by atoms with Crippen LogP contribution in [0.15, 0.2) is 36.5 Å². The highest BCUT2D eigenvalue weighted by Crippen LogP contribution is 2.31. The molecule has 0 bridgehead atoms. The van der Waals surface area contributed by atoms with Crippen molar-refractivity contribution >= 4 is 34.7 Å². The van der Waals surface area contributed by atoms with Crippen molar-refractivity contribution in [2.24, 2.45) is 0 Å². The van der Waals surface area contributed by atoms with E-state index in [9.17, 15) is 0 Å². The second kappa shape index (κ2) is 4.44. The lowest BCUT2D eigenvalue weighted by Gasteiger charge is -2.01. The Morgan fingerprint density at radius 2 is 2.00 bits per heavy atom. The fourth-order valence-electron chi connectivity index (χ4n) is 2.10. The van der Waals surface area contributed by atoms with E-state index in [0.29, 0.717) is 27.2 Å². The van der Waals surface area contributed by atoms with Crippen molar-refractivity contribution in [2.45, 2.75) is 6.92 Å². The Bertz CT molecular complexity index is 778. The number of halogens is 2. The summed E-state index contributed by atoms with van der Waals surface area (Å²) in [6.07, 6.45) is 1.71. The summed E-state index contributed by atoms with van der Waals surface area (Å²) in [5.74, 6) is 0.532. The Hall–Kier alpha value is -1.71. The third-order valence-electron chi connectivity index (χ3n) is 2.97. The second-order valence-electron chi connectivity index (χ2n) is 4.41. The minimum absolute atomic E-state index is 0.484. The first-order valence-electron chi connectivity index (χ1n) is 5.76. The highest BCUT2D eigenvalue weighted by atomic mass is 35.5. The fourth-order valence-corrected chi connectivity index (χ4v) is 2.61. The number of aryl methyl sites for hydroxylation is 1. The van der Waals surface area contributed by atoms with E-state index in [-0.39, 0.29) is 0 Å². The summed E-state index contributed by atoms with van der Waals surface area (Å²) in [4.78, 5) is 4.51. The molecule has 1 aromatic carbocycles. The van der Waals surface area contributed by atoms with Crippen LogP contribution in [0.3, 0.4) is 0 Å². The molecule has 3 nitrogen and oxygen atoms in total. The number of nitrogens with two attached hydrogens (primary N) is 1. The lowest BCUT2D eigenvalue weighted by molar-refractivity contribution is 1.20. The van der Waals surface area contributed by atoms with Gasteiger partial charge in [0.05, 0.1) is 10.0 Å². The number of anilines is 1. The maximum Gasteiger partial charge on any atom is 0.158 e. The van der Waals surface area contributed by atoms with E-state index in [1.165, 1.54) is 0 Å². The van der Waals surface area contributed by atoms with E-state index < -0.39 is 0 Å². The van der Waals surface area contributed by atoms with Crippen molar-refractivity contribution in [3.63, 3.8) is 0 Å². The van der Waals surface area contributed by atoms with Gasteiger partial charge in [0.25, 0.3) is 0 Å². The SMILES string of the molecule is Cc1cccc(-c2nc3c(Cl)cc(Cl)cn3c2N)c1. The Morgan fingerprint density at radius 3 is 2.74 bits per heavy atom. The number of pyridine rings is 1. The largest absolute Gasteiger partial charge is 0.383 e. The van der Waals surface area contributed by atoms with E-state index in [4.69, 9.17) is 28.9 Å². The molecule has 2 aromatic heterocycles. The Morgan fingerprint density at radius 1 is 1.21 bits per heavy atom. The van der Waals surface area contributed by atoms with Crippen LogP contribution in [0, 0.1) is 6.92 Å². The van der Waals surface area contributed by atoms with Crippen molar-refractivity contribution < 1.29 is 0 Å². The number of nitrogens with zero attached hydrogens (tertiary/aromatic N) is 2. The van der Waals surface area contributed by atoms with Gasteiger partial charge in [-0.05, 0) is 19.1 Å². The maximum atomic E-state index is 6.14. The number of nitrogen functional groups attached to an aromatic ring is 1. The number of imidazole rings is 1. The van der Waals surface area contributed by atoms with Crippen LogP contribution in [0.1, 0.15) is 5.56 Å². The van der Waals surface area contributed by atoms with Gasteiger partial charge in [-0.1, -0.05) is 47.0 Å². The van der Waals surface area contributed by atoms with Gasteiger partial charge in [0, 0.05) is 11.8 Å². The van der Waals surface area contributed by atoms with Gasteiger partial charge in [0.15, 0.2) is 5.65 Å². The molecule has 19 heavy (non-hydrogen) atoms. The molecule has 96 valence electrons. The van der Waals surface area contributed by atoms with Crippen LogP contribution in [0.4, 0.5) is 5.82 Å². The van der Waals surface area contributed by atoms with Crippen LogP contribution in [0.2, 0.25) is 10.0 Å². The number of fused-ring (bicyclic) bond motifs is 1. The molecule has 0 amide bonds. The first-order chi connectivity index (χ1) is 9.06. The first kappa shape index (κ1) is 12.3. The summed E-state index contributed by atoms with van der Waals surface area (Å²) >= 11 is 12.1. The fraction of sp³-hybridized carbons (Fsp3) is 0.0714. The molecular formula is C14H11Cl2N3. The first-order valence-corrected chi connectivity index (χ1v) is 6.51. The number of aromatic nitrogens is 2. The molecule has 0 spiro atoms. The van der Waals surface area contributed by atoms with Gasteiger partial charge in [0.2, 0.25) is 0 Å². The smallest absolute Gasteiger partial charge is 0.158 e. The summed E-state index contributed by atoms with van der Waals surface area (Å²) in [6.45, 7) is 2.03. The second-order valence-corrected chi connectivity index (χ2v) is 5.26. The summed E-state index contributed by atoms with van der Waals surface area (Å²) < 4.78 is 1.71. The molecule has 0 saturated heterocycles. The van der Waals surface area contributed by atoms with E-state index in [2.05, 4.69) is 4.98 Å². The standard InChI is InChI=1S/C14H11Cl2N3/c1-8-3-2-4-9(5-8)12-13(17)19-7-10(15)6-11(16)14(19)18-12/h2-7H,17H2,1H3. The van der Waals surface area contributed by atoms with Gasteiger partial charge >= 0.3 is 0 Å². The van der Waals surface area contributed by atoms with Crippen molar-refractivity contribution in [1.29, 1.82) is 0 Å². The normalized spacial score (nSPS) is 11.1. The number of hydrogen-bond donors (Lipinski definition) is 1. The molecule has 0 aliphatic heterocycles. The van der Waals surface area contributed by atoms with Crippen LogP contribution in [0.5, 0.6) is 0 Å². The van der Waals surface area contributed by atoms with Crippen LogP contribution >= 0.6 is 23.2 Å². The topological polar surface area (TPSA) is 43.3 Å². The van der Waals surface area contributed by atoms with Crippen molar-refractivity contribution in [2.75, 3.05) is 5.73 Å². The third-order valence-corrected chi connectivity index (χ3v) is 3.46. The zero-order valence-corrected chi connectivity index (χ0v) is 11.7. The Labute approximate surface area is 120 Å². The van der Waals surface area contributed by atoms with Crippen molar-refractivity contribution in [3.05, 3.63) is 52.1 Å². The summed E-state index contributed by atoms with van der Waals surface area (Å²) in [5, 5.41) is 1.01. The van der Waals surface area contributed by atoms with Crippen LogP contribution in [-0.4, -0.2) is 9.38 Å². The summed E-state index contributed by atoms with van der Waals surface area (Å²) in [7, 11) is 0. The molecule has 0 atom stereocenters. The van der Waals surface area contributed by atoms with Gasteiger partial charge in [-0.25, -0.2) is 4.98 Å². The van der Waals surface area contributed by atoms with Gasteiger partial charge < -0.3 is 5.73 Å². The molecule has 0 aliphatic carbocycles. The lowest BCUT2D eigenvalue weighted by Crippen LogP contribution is -1.94. The van der Waals surface area contributed by atoms with Crippen molar-refractivity contribution in [1.82, 2.24) is 9.38 Å². The van der Waals surface area contributed by atoms with E-state index in [1.54, 1.807) is 16.7 Å². The molecule has 0 radical (unpaired) electrons. The lowest BCUT2D eigenvalue weighted by atomic mass is 10.1. The van der Waals surface area contributed by atoms with Crippen LogP contribution < -0.4 is 5.73 Å². The average Bonchev–Trinajstić information content (AvgIpc) is 2.68. The molecule has 0 saturated carbocycles. The number of rotatable bonds is 1. The minimum atomic E-state index is 0.484. The van der Waals surface area contributed by atoms with Crippen LogP contribution in [-0.2, 0) is 0 Å². The molecule has 3 rings (SSSR count). The van der Waals surface area contributed by atoms with E-state index >= 15 is 0 Å². The third kappa shape index (κ3) is 2.05. The molecular weight excluding hydrogens is 281 g/mol. The number of hydrogen-bond acceptors (Lipinski definition) is 2. The molecule has 2 heterocycles. The molecule has 5 heteroatoms. The minimum Gasteiger partial charge on any atom is -0.383 e. The van der Waals surface area contributed by atoms with E-state index in [1.807, 2.05) is 31.2 Å². The average molecular weight is 292 g/mol.